The molecule has 0 aromatic heterocycles. The molecule has 14 heavy (non-hydrogen) atoms. The molecule has 0 N–H and O–H groups in total. The highest BCUT2D eigenvalue weighted by molar-refractivity contribution is 4.92. The summed E-state index contributed by atoms with van der Waals surface area (Å²) in [6, 6.07) is 2.41. The first-order chi connectivity index (χ1) is 6.72. The van der Waals surface area contributed by atoms with Crippen molar-refractivity contribution >= 4 is 0 Å². The average Bonchev–Trinajstić information content (AvgIpc) is 2.16. The number of rotatable bonds is 2. The number of nitrogens with zero attached hydrogens (tertiary/aromatic N) is 2. The van der Waals surface area contributed by atoms with E-state index in [0.717, 1.165) is 13.0 Å². The van der Waals surface area contributed by atoms with Crippen molar-refractivity contribution in [2.75, 3.05) is 19.6 Å². The van der Waals surface area contributed by atoms with Gasteiger partial charge in [0.25, 0.3) is 0 Å². The molecule has 1 saturated carbocycles. The van der Waals surface area contributed by atoms with Gasteiger partial charge in [-0.15, -0.1) is 0 Å². The topological polar surface area (TPSA) is 27.0 Å². The van der Waals surface area contributed by atoms with Crippen molar-refractivity contribution in [3.63, 3.8) is 0 Å². The molecule has 78 valence electrons. The van der Waals surface area contributed by atoms with Gasteiger partial charge in [0.05, 0.1) is 12.0 Å². The van der Waals surface area contributed by atoms with Crippen molar-refractivity contribution in [3.05, 3.63) is 0 Å². The monoisotopic (exact) mass is 192 g/mol. The van der Waals surface area contributed by atoms with Crippen LogP contribution < -0.4 is 0 Å². The second-order valence-electron chi connectivity index (χ2n) is 5.37. The van der Waals surface area contributed by atoms with Crippen molar-refractivity contribution in [1.29, 1.82) is 5.26 Å². The molecule has 1 heterocycles. The highest BCUT2D eigenvalue weighted by Crippen LogP contribution is 2.41. The van der Waals surface area contributed by atoms with Gasteiger partial charge in [0.2, 0.25) is 0 Å². The number of piperidine rings is 1. The van der Waals surface area contributed by atoms with Gasteiger partial charge in [-0.1, -0.05) is 13.3 Å². The fourth-order valence-electron chi connectivity index (χ4n) is 2.78. The van der Waals surface area contributed by atoms with Crippen LogP contribution in [0.4, 0.5) is 0 Å². The maximum absolute atomic E-state index is 8.90. The minimum atomic E-state index is 0.299. The average molecular weight is 192 g/mol. The zero-order valence-electron chi connectivity index (χ0n) is 9.13. The SMILES string of the molecule is CC1(CN2CCCC(C#N)C2)CCC1. The summed E-state index contributed by atoms with van der Waals surface area (Å²) < 4.78 is 0. The predicted octanol–water partition coefficient (Wildman–Crippen LogP) is 2.41. The van der Waals surface area contributed by atoms with Crippen molar-refractivity contribution in [2.24, 2.45) is 11.3 Å². The Morgan fingerprint density at radius 1 is 1.43 bits per heavy atom. The van der Waals surface area contributed by atoms with E-state index in [1.165, 1.54) is 38.8 Å². The highest BCUT2D eigenvalue weighted by atomic mass is 15.1. The van der Waals surface area contributed by atoms with Crippen molar-refractivity contribution in [3.8, 4) is 6.07 Å². The van der Waals surface area contributed by atoms with E-state index in [1.54, 1.807) is 0 Å². The zero-order chi connectivity index (χ0) is 10.0. The number of hydrogen-bond acceptors (Lipinski definition) is 2. The second-order valence-corrected chi connectivity index (χ2v) is 5.37. The standard InChI is InChI=1S/C12H20N2/c1-12(5-3-6-12)10-14-7-2-4-11(8-13)9-14/h11H,2-7,9-10H2,1H3. The molecule has 0 aromatic rings. The lowest BCUT2D eigenvalue weighted by Crippen LogP contribution is -2.44. The van der Waals surface area contributed by atoms with Crippen LogP contribution >= 0.6 is 0 Å². The molecule has 0 aromatic carbocycles. The van der Waals surface area contributed by atoms with E-state index < -0.39 is 0 Å². The van der Waals surface area contributed by atoms with Crippen LogP contribution in [0.25, 0.3) is 0 Å². The van der Waals surface area contributed by atoms with Gasteiger partial charge in [0.15, 0.2) is 0 Å². The maximum Gasteiger partial charge on any atom is 0.0669 e. The molecule has 1 aliphatic heterocycles. The summed E-state index contributed by atoms with van der Waals surface area (Å²) >= 11 is 0. The van der Waals surface area contributed by atoms with E-state index in [1.807, 2.05) is 0 Å². The molecule has 0 bridgehead atoms. The zero-order valence-corrected chi connectivity index (χ0v) is 9.13. The maximum atomic E-state index is 8.90. The van der Waals surface area contributed by atoms with Gasteiger partial charge in [-0.2, -0.15) is 5.26 Å². The first kappa shape index (κ1) is 9.98. The Morgan fingerprint density at radius 2 is 2.21 bits per heavy atom. The van der Waals surface area contributed by atoms with Gasteiger partial charge in [-0.3, -0.25) is 0 Å². The molecule has 0 radical (unpaired) electrons. The van der Waals surface area contributed by atoms with Crippen LogP contribution in [-0.2, 0) is 0 Å². The van der Waals surface area contributed by atoms with Crippen molar-refractivity contribution in [2.45, 2.75) is 39.0 Å². The van der Waals surface area contributed by atoms with E-state index in [-0.39, 0.29) is 0 Å². The molecule has 2 nitrogen and oxygen atoms in total. The molecular weight excluding hydrogens is 172 g/mol. The van der Waals surface area contributed by atoms with E-state index >= 15 is 0 Å². The van der Waals surface area contributed by atoms with Gasteiger partial charge in [0, 0.05) is 13.1 Å². The Kier molecular flexibility index (Phi) is 2.78. The van der Waals surface area contributed by atoms with Crippen LogP contribution in [0.1, 0.15) is 39.0 Å². The fraction of sp³-hybridized carbons (Fsp3) is 0.917. The lowest BCUT2D eigenvalue weighted by molar-refractivity contribution is 0.0664. The summed E-state index contributed by atoms with van der Waals surface area (Å²) in [6.07, 6.45) is 6.52. The Bertz CT molecular complexity index is 237. The van der Waals surface area contributed by atoms with E-state index in [4.69, 9.17) is 5.26 Å². The number of hydrogen-bond donors (Lipinski definition) is 0. The van der Waals surface area contributed by atoms with Gasteiger partial charge in [-0.05, 0) is 37.6 Å². The lowest BCUT2D eigenvalue weighted by atomic mass is 9.70. The molecule has 1 saturated heterocycles. The van der Waals surface area contributed by atoms with Crippen LogP contribution in [-0.4, -0.2) is 24.5 Å². The predicted molar refractivity (Wildman–Crippen MR) is 56.7 cm³/mol. The second kappa shape index (κ2) is 3.90. The van der Waals surface area contributed by atoms with E-state index in [2.05, 4.69) is 17.9 Å². The molecule has 2 aliphatic rings. The van der Waals surface area contributed by atoms with Crippen LogP contribution in [0.15, 0.2) is 0 Å². The molecule has 2 fully saturated rings. The van der Waals surface area contributed by atoms with Gasteiger partial charge in [0.1, 0.15) is 0 Å². The van der Waals surface area contributed by atoms with Crippen LogP contribution in [0.5, 0.6) is 0 Å². The number of likely N-dealkylation sites (tertiary alicyclic amines) is 1. The third-order valence-corrected chi connectivity index (χ3v) is 3.85. The van der Waals surface area contributed by atoms with Crippen LogP contribution in [0.2, 0.25) is 0 Å². The Labute approximate surface area is 86.9 Å². The third kappa shape index (κ3) is 2.09. The van der Waals surface area contributed by atoms with Gasteiger partial charge >= 0.3 is 0 Å². The number of nitriles is 1. The summed E-state index contributed by atoms with van der Waals surface area (Å²) in [5, 5.41) is 8.90. The Balaban J connectivity index is 1.83. The molecule has 0 amide bonds. The lowest BCUT2D eigenvalue weighted by Gasteiger charge is -2.44. The highest BCUT2D eigenvalue weighted by Gasteiger charge is 2.34. The van der Waals surface area contributed by atoms with E-state index in [0.29, 0.717) is 11.3 Å². The molecule has 1 aliphatic carbocycles. The molecule has 2 rings (SSSR count). The smallest absolute Gasteiger partial charge is 0.0669 e. The Morgan fingerprint density at radius 3 is 2.79 bits per heavy atom. The Hall–Kier alpha value is -0.550. The summed E-state index contributed by atoms with van der Waals surface area (Å²) in [7, 11) is 0. The summed E-state index contributed by atoms with van der Waals surface area (Å²) in [4.78, 5) is 2.51. The quantitative estimate of drug-likeness (QED) is 0.672. The van der Waals surface area contributed by atoms with Gasteiger partial charge in [-0.25, -0.2) is 0 Å². The first-order valence-electron chi connectivity index (χ1n) is 5.84. The fourth-order valence-corrected chi connectivity index (χ4v) is 2.78. The van der Waals surface area contributed by atoms with Crippen LogP contribution in [0.3, 0.4) is 0 Å². The van der Waals surface area contributed by atoms with Crippen LogP contribution in [0, 0.1) is 22.7 Å². The normalized spacial score (nSPS) is 31.9. The molecule has 0 spiro atoms. The largest absolute Gasteiger partial charge is 0.301 e. The summed E-state index contributed by atoms with van der Waals surface area (Å²) in [6.45, 7) is 5.86. The molecule has 1 atom stereocenters. The summed E-state index contributed by atoms with van der Waals surface area (Å²) in [5.74, 6) is 0.299. The third-order valence-electron chi connectivity index (χ3n) is 3.85. The summed E-state index contributed by atoms with van der Waals surface area (Å²) in [5.41, 5.74) is 0.581. The minimum absolute atomic E-state index is 0.299. The first-order valence-corrected chi connectivity index (χ1v) is 5.84. The minimum Gasteiger partial charge on any atom is -0.301 e. The molecule has 2 heteroatoms. The van der Waals surface area contributed by atoms with Crippen molar-refractivity contribution < 1.29 is 0 Å². The van der Waals surface area contributed by atoms with Crippen molar-refractivity contribution in [1.82, 2.24) is 4.90 Å². The molecular formula is C12H20N2. The van der Waals surface area contributed by atoms with Gasteiger partial charge < -0.3 is 4.90 Å². The van der Waals surface area contributed by atoms with E-state index in [9.17, 15) is 0 Å². The molecule has 1 unspecified atom stereocenters.